The van der Waals surface area contributed by atoms with Gasteiger partial charge < -0.3 is 19.5 Å². The number of carbonyl (C=O) groups is 1. The van der Waals surface area contributed by atoms with Crippen molar-refractivity contribution in [2.45, 2.75) is 18.4 Å². The highest BCUT2D eigenvalue weighted by molar-refractivity contribution is 5.92. The fourth-order valence-electron chi connectivity index (χ4n) is 4.48. The second-order valence-electron chi connectivity index (χ2n) is 7.69. The van der Waals surface area contributed by atoms with Crippen LogP contribution in [0.3, 0.4) is 0 Å². The van der Waals surface area contributed by atoms with Crippen LogP contribution in [-0.2, 0) is 5.54 Å². The monoisotopic (exact) mass is 399 g/mol. The van der Waals surface area contributed by atoms with E-state index in [0.717, 1.165) is 30.0 Å². The van der Waals surface area contributed by atoms with Gasteiger partial charge in [-0.15, -0.1) is 0 Å². The van der Waals surface area contributed by atoms with Crippen molar-refractivity contribution < 1.29 is 9.53 Å². The number of fused-ring (bicyclic) bond motifs is 4. The summed E-state index contributed by atoms with van der Waals surface area (Å²) in [4.78, 5) is 18.9. The summed E-state index contributed by atoms with van der Waals surface area (Å²) >= 11 is 0. The van der Waals surface area contributed by atoms with Crippen LogP contribution in [0.1, 0.15) is 34.6 Å². The lowest BCUT2D eigenvalue weighted by Gasteiger charge is -2.46. The van der Waals surface area contributed by atoms with Gasteiger partial charge in [-0.3, -0.25) is 4.79 Å². The van der Waals surface area contributed by atoms with Gasteiger partial charge in [-0.1, -0.05) is 0 Å². The molecule has 5 rings (SSSR count). The van der Waals surface area contributed by atoms with Gasteiger partial charge in [-0.05, 0) is 49.2 Å². The molecule has 2 aliphatic rings. The van der Waals surface area contributed by atoms with E-state index in [9.17, 15) is 4.79 Å². The Morgan fingerprint density at radius 3 is 2.77 bits per heavy atom. The maximum atomic E-state index is 12.9. The average molecular weight is 399 g/mol. The minimum atomic E-state index is -0.238. The molecule has 150 valence electrons. The summed E-state index contributed by atoms with van der Waals surface area (Å²) in [7, 11) is 1.67. The Bertz CT molecular complexity index is 1150. The smallest absolute Gasteiger partial charge is 0.272 e. The topological polar surface area (TPSA) is 83.2 Å². The third-order valence-electron chi connectivity index (χ3n) is 6.09. The summed E-state index contributed by atoms with van der Waals surface area (Å²) in [6, 6.07) is 15.6. The number of rotatable bonds is 2. The number of hydrogen-bond acceptors (Lipinski definition) is 5. The van der Waals surface area contributed by atoms with Crippen molar-refractivity contribution in [3.63, 3.8) is 0 Å². The molecule has 0 unspecified atom stereocenters. The number of ether oxygens (including phenoxy) is 1. The molecule has 1 fully saturated rings. The number of nitrogens with one attached hydrogen (secondary N) is 1. The molecule has 0 bridgehead atoms. The third kappa shape index (κ3) is 2.80. The Labute approximate surface area is 174 Å². The minimum absolute atomic E-state index is 0.0948. The molecule has 30 heavy (non-hydrogen) atoms. The lowest BCUT2D eigenvalue weighted by Crippen LogP contribution is -2.51. The molecule has 2 aliphatic heterocycles. The number of benzene rings is 1. The molecule has 4 heterocycles. The van der Waals surface area contributed by atoms with Crippen molar-refractivity contribution in [1.29, 1.82) is 5.26 Å². The molecule has 1 spiro atoms. The zero-order valence-electron chi connectivity index (χ0n) is 16.6. The molecule has 2 aromatic heterocycles. The van der Waals surface area contributed by atoms with Crippen molar-refractivity contribution in [3.8, 4) is 17.5 Å². The van der Waals surface area contributed by atoms with Crippen LogP contribution >= 0.6 is 0 Å². The van der Waals surface area contributed by atoms with Gasteiger partial charge in [-0.25, -0.2) is 4.98 Å². The van der Waals surface area contributed by atoms with Gasteiger partial charge in [0.2, 0.25) is 0 Å². The largest absolute Gasteiger partial charge is 0.497 e. The van der Waals surface area contributed by atoms with Crippen LogP contribution in [0.25, 0.3) is 5.69 Å². The molecule has 0 atom stereocenters. The zero-order chi connectivity index (χ0) is 20.7. The van der Waals surface area contributed by atoms with Gasteiger partial charge in [0.05, 0.1) is 29.6 Å². The van der Waals surface area contributed by atoms with Gasteiger partial charge in [-0.2, -0.15) is 5.26 Å². The number of aromatic nitrogens is 2. The predicted molar refractivity (Wildman–Crippen MR) is 112 cm³/mol. The highest BCUT2D eigenvalue weighted by atomic mass is 16.5. The van der Waals surface area contributed by atoms with Crippen LogP contribution < -0.4 is 10.1 Å². The first kappa shape index (κ1) is 18.3. The SMILES string of the molecule is COc1ccc2c(c1)NC1(CCN(C(=O)c3ccc(C#N)cn3)CC1)c1cccn1-2. The Balaban J connectivity index is 1.40. The molecule has 0 radical (unpaired) electrons. The maximum Gasteiger partial charge on any atom is 0.272 e. The molecule has 1 aromatic carbocycles. The first-order valence-corrected chi connectivity index (χ1v) is 9.93. The fourth-order valence-corrected chi connectivity index (χ4v) is 4.48. The van der Waals surface area contributed by atoms with E-state index in [4.69, 9.17) is 10.00 Å². The number of amides is 1. The predicted octanol–water partition coefficient (Wildman–Crippen LogP) is 3.31. The maximum absolute atomic E-state index is 12.9. The Morgan fingerprint density at radius 1 is 1.23 bits per heavy atom. The summed E-state index contributed by atoms with van der Waals surface area (Å²) in [6.07, 6.45) is 5.10. The van der Waals surface area contributed by atoms with E-state index in [-0.39, 0.29) is 11.4 Å². The van der Waals surface area contributed by atoms with E-state index in [1.165, 1.54) is 11.9 Å². The second-order valence-corrected chi connectivity index (χ2v) is 7.69. The number of nitrogens with zero attached hydrogens (tertiary/aromatic N) is 4. The third-order valence-corrected chi connectivity index (χ3v) is 6.09. The minimum Gasteiger partial charge on any atom is -0.497 e. The number of piperidine rings is 1. The van der Waals surface area contributed by atoms with Crippen LogP contribution in [0, 0.1) is 11.3 Å². The first-order valence-electron chi connectivity index (χ1n) is 9.93. The number of methoxy groups -OCH3 is 1. The van der Waals surface area contributed by atoms with E-state index >= 15 is 0 Å². The van der Waals surface area contributed by atoms with Crippen LogP contribution in [0.5, 0.6) is 5.75 Å². The molecule has 1 saturated heterocycles. The zero-order valence-corrected chi connectivity index (χ0v) is 16.6. The molecule has 0 saturated carbocycles. The van der Waals surface area contributed by atoms with E-state index in [2.05, 4.69) is 39.3 Å². The summed E-state index contributed by atoms with van der Waals surface area (Å²) in [5.41, 5.74) is 3.93. The number of pyridine rings is 1. The number of likely N-dealkylation sites (tertiary alicyclic amines) is 1. The van der Waals surface area contributed by atoms with Crippen LogP contribution in [0.4, 0.5) is 5.69 Å². The van der Waals surface area contributed by atoms with Gasteiger partial charge in [0.15, 0.2) is 0 Å². The number of hydrogen-bond donors (Lipinski definition) is 1. The summed E-state index contributed by atoms with van der Waals surface area (Å²) in [5.74, 6) is 0.717. The highest BCUT2D eigenvalue weighted by Crippen LogP contribution is 2.44. The summed E-state index contributed by atoms with van der Waals surface area (Å²) < 4.78 is 7.64. The molecule has 7 nitrogen and oxygen atoms in total. The first-order chi connectivity index (χ1) is 14.6. The molecule has 7 heteroatoms. The molecular formula is C23H21N5O2. The van der Waals surface area contributed by atoms with Gasteiger partial charge >= 0.3 is 0 Å². The number of nitriles is 1. The van der Waals surface area contributed by atoms with Crippen molar-refractivity contribution >= 4 is 11.6 Å². The summed E-state index contributed by atoms with van der Waals surface area (Å²) in [5, 5.41) is 12.7. The highest BCUT2D eigenvalue weighted by Gasteiger charge is 2.42. The van der Waals surface area contributed by atoms with E-state index in [1.807, 2.05) is 23.1 Å². The molecule has 1 amide bonds. The van der Waals surface area contributed by atoms with E-state index < -0.39 is 0 Å². The van der Waals surface area contributed by atoms with E-state index in [0.29, 0.717) is 24.3 Å². The fraction of sp³-hybridized carbons (Fsp3) is 0.261. The van der Waals surface area contributed by atoms with Crippen LogP contribution in [0.15, 0.2) is 54.9 Å². The molecule has 3 aromatic rings. The standard InChI is InChI=1S/C23H21N5O2/c1-30-17-5-7-20-19(13-17)26-23(21-3-2-10-28(20)21)8-11-27(12-9-23)22(29)18-6-4-16(14-24)15-25-18/h2-7,10,13,15,26H,8-9,11-12H2,1H3. The van der Waals surface area contributed by atoms with Crippen LogP contribution in [0.2, 0.25) is 0 Å². The van der Waals surface area contributed by atoms with Crippen molar-refractivity contribution in [2.24, 2.45) is 0 Å². The average Bonchev–Trinajstić information content (AvgIpc) is 3.30. The van der Waals surface area contributed by atoms with Gasteiger partial charge in [0.25, 0.3) is 5.91 Å². The quantitative estimate of drug-likeness (QED) is 0.715. The van der Waals surface area contributed by atoms with Gasteiger partial charge in [0, 0.05) is 37.2 Å². The number of carbonyl (C=O) groups excluding carboxylic acids is 1. The number of anilines is 1. The van der Waals surface area contributed by atoms with Crippen molar-refractivity contribution in [2.75, 3.05) is 25.5 Å². The molecule has 0 aliphatic carbocycles. The Morgan fingerprint density at radius 2 is 2.07 bits per heavy atom. The lowest BCUT2D eigenvalue weighted by molar-refractivity contribution is 0.0670. The van der Waals surface area contributed by atoms with E-state index in [1.54, 1.807) is 19.2 Å². The molecule has 1 N–H and O–H groups in total. The van der Waals surface area contributed by atoms with Crippen molar-refractivity contribution in [3.05, 3.63) is 71.8 Å². The Kier molecular flexibility index (Phi) is 4.21. The van der Waals surface area contributed by atoms with Crippen molar-refractivity contribution in [1.82, 2.24) is 14.5 Å². The van der Waals surface area contributed by atoms with Gasteiger partial charge in [0.1, 0.15) is 17.5 Å². The summed E-state index contributed by atoms with van der Waals surface area (Å²) in [6.45, 7) is 1.25. The normalized spacial score (nSPS) is 16.2. The van der Waals surface area contributed by atoms with Crippen LogP contribution in [-0.4, -0.2) is 40.6 Å². The second kappa shape index (κ2) is 6.92. The lowest BCUT2D eigenvalue weighted by atomic mass is 9.82. The molecular weight excluding hydrogens is 378 g/mol. The Hall–Kier alpha value is -3.79.